The Kier molecular flexibility index (Phi) is 6.54. The molecule has 3 aromatic carbocycles. The summed E-state index contributed by atoms with van der Waals surface area (Å²) >= 11 is 0. The van der Waals surface area contributed by atoms with Crippen molar-refractivity contribution >= 4 is 17.5 Å². The van der Waals surface area contributed by atoms with Gasteiger partial charge in [-0.2, -0.15) is 0 Å². The number of allylic oxidation sites excluding steroid dienone is 1. The van der Waals surface area contributed by atoms with Crippen LogP contribution in [-0.2, 0) is 6.61 Å². The highest BCUT2D eigenvalue weighted by Gasteiger charge is 2.08. The van der Waals surface area contributed by atoms with Crippen LogP contribution in [-0.4, -0.2) is 17.8 Å². The summed E-state index contributed by atoms with van der Waals surface area (Å²) in [7, 11) is 1.54. The van der Waals surface area contributed by atoms with Crippen molar-refractivity contribution in [1.82, 2.24) is 0 Å². The van der Waals surface area contributed by atoms with E-state index in [1.165, 1.54) is 61.7 Å². The molecule has 0 N–H and O–H groups in total. The molecule has 0 saturated heterocycles. The van der Waals surface area contributed by atoms with Crippen LogP contribution < -0.4 is 9.47 Å². The van der Waals surface area contributed by atoms with Gasteiger partial charge in [-0.3, -0.25) is 14.9 Å². The van der Waals surface area contributed by atoms with E-state index in [1.807, 2.05) is 6.07 Å². The first kappa shape index (κ1) is 20.7. The molecular formula is C23H18FNO5. The Morgan fingerprint density at radius 1 is 1.07 bits per heavy atom. The lowest BCUT2D eigenvalue weighted by atomic mass is 10.1. The molecule has 0 fully saturated rings. The molecule has 0 heterocycles. The van der Waals surface area contributed by atoms with E-state index in [0.29, 0.717) is 17.1 Å². The summed E-state index contributed by atoms with van der Waals surface area (Å²) in [6, 6.07) is 16.5. The molecule has 0 unspecified atom stereocenters. The minimum atomic E-state index is -0.476. The Balaban J connectivity index is 1.72. The summed E-state index contributed by atoms with van der Waals surface area (Å²) in [5, 5.41) is 10.7. The predicted octanol–water partition coefficient (Wildman–Crippen LogP) is 5.22. The van der Waals surface area contributed by atoms with Crippen molar-refractivity contribution in [3.05, 3.63) is 105 Å². The lowest BCUT2D eigenvalue weighted by Crippen LogP contribution is -2.00. The first-order valence-corrected chi connectivity index (χ1v) is 8.98. The predicted molar refractivity (Wildman–Crippen MR) is 110 cm³/mol. The van der Waals surface area contributed by atoms with Crippen molar-refractivity contribution in [2.45, 2.75) is 6.61 Å². The van der Waals surface area contributed by atoms with Crippen LogP contribution >= 0.6 is 0 Å². The van der Waals surface area contributed by atoms with Gasteiger partial charge in [0.05, 0.1) is 12.0 Å². The molecule has 0 aliphatic heterocycles. The second-order valence-corrected chi connectivity index (χ2v) is 6.32. The van der Waals surface area contributed by atoms with E-state index in [2.05, 4.69) is 0 Å². The minimum Gasteiger partial charge on any atom is -0.496 e. The molecule has 0 aliphatic carbocycles. The number of halogens is 1. The summed E-state index contributed by atoms with van der Waals surface area (Å²) in [5.41, 5.74) is 1.88. The maximum absolute atomic E-state index is 13.0. The van der Waals surface area contributed by atoms with Gasteiger partial charge in [0.1, 0.15) is 23.9 Å². The molecule has 6 nitrogen and oxygen atoms in total. The number of ketones is 1. The molecule has 0 radical (unpaired) electrons. The monoisotopic (exact) mass is 407 g/mol. The topological polar surface area (TPSA) is 78.7 Å². The van der Waals surface area contributed by atoms with Crippen LogP contribution in [0.5, 0.6) is 11.5 Å². The largest absolute Gasteiger partial charge is 0.496 e. The van der Waals surface area contributed by atoms with Crippen LogP contribution in [0.2, 0.25) is 0 Å². The standard InChI is InChI=1S/C23H18FNO5/c1-29-23-13-3-16(2-12-22(26)17-4-6-19(24)7-5-17)14-18(23)15-30-21-10-8-20(9-11-21)25(27)28/h2-14H,15H2,1H3/b12-2+. The summed E-state index contributed by atoms with van der Waals surface area (Å²) in [6.07, 6.45) is 3.07. The quantitative estimate of drug-likeness (QED) is 0.221. The second kappa shape index (κ2) is 9.47. The van der Waals surface area contributed by atoms with Crippen LogP contribution in [0.4, 0.5) is 10.1 Å². The lowest BCUT2D eigenvalue weighted by Gasteiger charge is -2.11. The number of hydrogen-bond acceptors (Lipinski definition) is 5. The van der Waals surface area contributed by atoms with Crippen LogP contribution in [0, 0.1) is 15.9 Å². The van der Waals surface area contributed by atoms with Crippen molar-refractivity contribution in [3.8, 4) is 11.5 Å². The molecule has 0 saturated carbocycles. The molecule has 152 valence electrons. The molecular weight excluding hydrogens is 389 g/mol. The average molecular weight is 407 g/mol. The van der Waals surface area contributed by atoms with Gasteiger partial charge in [0, 0.05) is 23.3 Å². The molecule has 0 aliphatic rings. The highest BCUT2D eigenvalue weighted by Crippen LogP contribution is 2.24. The van der Waals surface area contributed by atoms with Gasteiger partial charge in [0.2, 0.25) is 0 Å². The highest BCUT2D eigenvalue weighted by molar-refractivity contribution is 6.06. The smallest absolute Gasteiger partial charge is 0.269 e. The summed E-state index contributed by atoms with van der Waals surface area (Å²) in [5.74, 6) is 0.451. The van der Waals surface area contributed by atoms with Gasteiger partial charge in [-0.1, -0.05) is 12.1 Å². The number of nitrogens with zero attached hydrogens (tertiary/aromatic N) is 1. The zero-order valence-corrected chi connectivity index (χ0v) is 16.1. The molecule has 0 bridgehead atoms. The summed E-state index contributed by atoms with van der Waals surface area (Å²) < 4.78 is 24.0. The number of carbonyl (C=O) groups excluding carboxylic acids is 1. The van der Waals surface area contributed by atoms with Gasteiger partial charge in [-0.05, 0) is 60.2 Å². The number of hydrogen-bond donors (Lipinski definition) is 0. The van der Waals surface area contributed by atoms with E-state index >= 15 is 0 Å². The molecule has 7 heteroatoms. The number of rotatable bonds is 8. The maximum atomic E-state index is 13.0. The van der Waals surface area contributed by atoms with Gasteiger partial charge < -0.3 is 9.47 Å². The van der Waals surface area contributed by atoms with E-state index in [-0.39, 0.29) is 18.1 Å². The third kappa shape index (κ3) is 5.29. The van der Waals surface area contributed by atoms with Crippen molar-refractivity contribution in [3.63, 3.8) is 0 Å². The summed E-state index contributed by atoms with van der Waals surface area (Å²) in [6.45, 7) is 0.175. The normalized spacial score (nSPS) is 10.7. The highest BCUT2D eigenvalue weighted by atomic mass is 19.1. The average Bonchev–Trinajstić information content (AvgIpc) is 2.76. The molecule has 0 atom stereocenters. The number of nitro benzene ring substituents is 1. The fraction of sp³-hybridized carbons (Fsp3) is 0.0870. The number of carbonyl (C=O) groups is 1. The van der Waals surface area contributed by atoms with E-state index in [0.717, 1.165) is 11.1 Å². The zero-order valence-electron chi connectivity index (χ0n) is 16.1. The zero-order chi connectivity index (χ0) is 21.5. The number of ether oxygens (including phenoxy) is 2. The number of non-ortho nitro benzene ring substituents is 1. The molecule has 0 amide bonds. The van der Waals surface area contributed by atoms with Crippen LogP contribution in [0.15, 0.2) is 72.8 Å². The number of benzene rings is 3. The Labute approximate surface area is 172 Å². The third-order valence-electron chi connectivity index (χ3n) is 4.30. The number of methoxy groups -OCH3 is 1. The van der Waals surface area contributed by atoms with Gasteiger partial charge in [-0.25, -0.2) is 4.39 Å². The van der Waals surface area contributed by atoms with Crippen molar-refractivity contribution < 1.29 is 23.6 Å². The summed E-state index contributed by atoms with van der Waals surface area (Å²) in [4.78, 5) is 22.5. The van der Waals surface area contributed by atoms with Crippen molar-refractivity contribution in [1.29, 1.82) is 0 Å². The Hall–Kier alpha value is -4.00. The third-order valence-corrected chi connectivity index (χ3v) is 4.30. The Morgan fingerprint density at radius 3 is 2.40 bits per heavy atom. The molecule has 0 aromatic heterocycles. The fourth-order valence-electron chi connectivity index (χ4n) is 2.72. The van der Waals surface area contributed by atoms with Crippen LogP contribution in [0.3, 0.4) is 0 Å². The van der Waals surface area contributed by atoms with E-state index < -0.39 is 10.7 Å². The molecule has 30 heavy (non-hydrogen) atoms. The van der Waals surface area contributed by atoms with Gasteiger partial charge in [0.15, 0.2) is 5.78 Å². The lowest BCUT2D eigenvalue weighted by molar-refractivity contribution is -0.384. The first-order valence-electron chi connectivity index (χ1n) is 8.98. The fourth-order valence-corrected chi connectivity index (χ4v) is 2.72. The van der Waals surface area contributed by atoms with Crippen molar-refractivity contribution in [2.75, 3.05) is 7.11 Å². The van der Waals surface area contributed by atoms with Crippen LogP contribution in [0.25, 0.3) is 6.08 Å². The molecule has 3 aromatic rings. The molecule has 0 spiro atoms. The Morgan fingerprint density at radius 2 is 1.77 bits per heavy atom. The SMILES string of the molecule is COc1ccc(/C=C/C(=O)c2ccc(F)cc2)cc1COc1ccc([N+](=O)[O-])cc1. The van der Waals surface area contributed by atoms with Crippen LogP contribution in [0.1, 0.15) is 21.5 Å². The first-order chi connectivity index (χ1) is 14.5. The minimum absolute atomic E-state index is 0.0158. The van der Waals surface area contributed by atoms with E-state index in [4.69, 9.17) is 9.47 Å². The maximum Gasteiger partial charge on any atom is 0.269 e. The van der Waals surface area contributed by atoms with Gasteiger partial charge in [0.25, 0.3) is 5.69 Å². The van der Waals surface area contributed by atoms with Gasteiger partial charge in [-0.15, -0.1) is 0 Å². The van der Waals surface area contributed by atoms with Crippen molar-refractivity contribution in [2.24, 2.45) is 0 Å². The Bertz CT molecular complexity index is 1080. The van der Waals surface area contributed by atoms with E-state index in [9.17, 15) is 19.3 Å². The van der Waals surface area contributed by atoms with Gasteiger partial charge >= 0.3 is 0 Å². The molecule has 3 rings (SSSR count). The van der Waals surface area contributed by atoms with E-state index in [1.54, 1.807) is 18.2 Å². The number of nitro groups is 1. The second-order valence-electron chi connectivity index (χ2n) is 6.32.